The molecule has 2 unspecified atom stereocenters. The Morgan fingerprint density at radius 1 is 1.38 bits per heavy atom. The maximum atomic E-state index is 6.07. The number of hydrogen-bond acceptors (Lipinski definition) is 3. The van der Waals surface area contributed by atoms with Crippen molar-refractivity contribution in [2.75, 3.05) is 14.2 Å². The van der Waals surface area contributed by atoms with Crippen LogP contribution in [0.25, 0.3) is 0 Å². The maximum Gasteiger partial charge on any atom is 0.137 e. The Balaban J connectivity index is 2.79. The lowest BCUT2D eigenvalue weighted by Gasteiger charge is -2.17. The molecule has 0 saturated heterocycles. The molecule has 0 saturated carbocycles. The summed E-state index contributed by atoms with van der Waals surface area (Å²) < 4.78 is 10.3. The summed E-state index contributed by atoms with van der Waals surface area (Å²) in [5.41, 5.74) is 7.07. The van der Waals surface area contributed by atoms with Gasteiger partial charge >= 0.3 is 0 Å². The molecular formula is C12H18ClNO2. The highest BCUT2D eigenvalue weighted by Crippen LogP contribution is 2.28. The number of hydrogen-bond donors (Lipinski definition) is 1. The van der Waals surface area contributed by atoms with Gasteiger partial charge in [0.15, 0.2) is 0 Å². The first-order chi connectivity index (χ1) is 7.58. The van der Waals surface area contributed by atoms with Crippen LogP contribution in [0, 0.1) is 0 Å². The summed E-state index contributed by atoms with van der Waals surface area (Å²) >= 11 is 5.94. The smallest absolute Gasteiger partial charge is 0.137 e. The second-order valence-corrected chi connectivity index (χ2v) is 4.19. The van der Waals surface area contributed by atoms with Gasteiger partial charge in [0, 0.05) is 13.2 Å². The number of rotatable bonds is 5. The van der Waals surface area contributed by atoms with Crippen LogP contribution in [0.5, 0.6) is 5.75 Å². The molecule has 1 aromatic rings. The highest BCUT2D eigenvalue weighted by atomic mass is 35.5. The van der Waals surface area contributed by atoms with Gasteiger partial charge < -0.3 is 15.2 Å². The third-order valence-electron chi connectivity index (χ3n) is 2.59. The number of nitrogens with two attached hydrogens (primary N) is 1. The minimum absolute atomic E-state index is 0.0684. The van der Waals surface area contributed by atoms with Crippen molar-refractivity contribution < 1.29 is 9.47 Å². The summed E-state index contributed by atoms with van der Waals surface area (Å²) in [4.78, 5) is 0. The highest BCUT2D eigenvalue weighted by Gasteiger charge is 2.12. The van der Waals surface area contributed by atoms with Gasteiger partial charge in [-0.05, 0) is 31.0 Å². The number of benzene rings is 1. The lowest BCUT2D eigenvalue weighted by atomic mass is 10.0. The Bertz CT molecular complexity index is 344. The third kappa shape index (κ3) is 3.37. The summed E-state index contributed by atoms with van der Waals surface area (Å²) in [6, 6.07) is 5.52. The molecule has 0 heterocycles. The van der Waals surface area contributed by atoms with E-state index in [-0.39, 0.29) is 12.1 Å². The minimum atomic E-state index is -0.0684. The second kappa shape index (κ2) is 6.09. The van der Waals surface area contributed by atoms with Gasteiger partial charge in [0.2, 0.25) is 0 Å². The molecule has 0 radical (unpaired) electrons. The first kappa shape index (κ1) is 13.3. The molecule has 0 aromatic heterocycles. The van der Waals surface area contributed by atoms with Crippen molar-refractivity contribution in [1.29, 1.82) is 0 Å². The minimum Gasteiger partial charge on any atom is -0.495 e. The van der Waals surface area contributed by atoms with Crippen molar-refractivity contribution in [2.45, 2.75) is 25.5 Å². The van der Waals surface area contributed by atoms with Crippen molar-refractivity contribution in [3.8, 4) is 5.75 Å². The Labute approximate surface area is 101 Å². The predicted octanol–water partition coefficient (Wildman–Crippen LogP) is 2.77. The van der Waals surface area contributed by atoms with Crippen LogP contribution < -0.4 is 10.5 Å². The van der Waals surface area contributed by atoms with Crippen LogP contribution in [-0.4, -0.2) is 20.3 Å². The van der Waals surface area contributed by atoms with Crippen molar-refractivity contribution in [1.82, 2.24) is 0 Å². The SMILES string of the molecule is COc1cc(C(N)CC(C)OC)ccc1Cl. The van der Waals surface area contributed by atoms with E-state index in [9.17, 15) is 0 Å². The van der Waals surface area contributed by atoms with E-state index in [1.807, 2.05) is 19.1 Å². The summed E-state index contributed by atoms with van der Waals surface area (Å²) in [5.74, 6) is 0.652. The van der Waals surface area contributed by atoms with Gasteiger partial charge in [-0.15, -0.1) is 0 Å². The first-order valence-electron chi connectivity index (χ1n) is 5.20. The molecule has 0 amide bonds. The molecule has 4 heteroatoms. The maximum absolute atomic E-state index is 6.07. The highest BCUT2D eigenvalue weighted by molar-refractivity contribution is 6.32. The van der Waals surface area contributed by atoms with Gasteiger partial charge in [-0.25, -0.2) is 0 Å². The quantitative estimate of drug-likeness (QED) is 0.865. The molecule has 16 heavy (non-hydrogen) atoms. The molecule has 0 aliphatic rings. The molecule has 90 valence electrons. The second-order valence-electron chi connectivity index (χ2n) is 3.78. The van der Waals surface area contributed by atoms with Gasteiger partial charge in [-0.1, -0.05) is 17.7 Å². The van der Waals surface area contributed by atoms with E-state index in [1.54, 1.807) is 20.3 Å². The average molecular weight is 244 g/mol. The van der Waals surface area contributed by atoms with E-state index in [4.69, 9.17) is 26.8 Å². The fraction of sp³-hybridized carbons (Fsp3) is 0.500. The first-order valence-corrected chi connectivity index (χ1v) is 5.58. The van der Waals surface area contributed by atoms with Gasteiger partial charge in [-0.3, -0.25) is 0 Å². The lowest BCUT2D eigenvalue weighted by molar-refractivity contribution is 0.104. The molecule has 3 nitrogen and oxygen atoms in total. The zero-order valence-electron chi connectivity index (χ0n) is 9.87. The van der Waals surface area contributed by atoms with Crippen LogP contribution in [0.4, 0.5) is 0 Å². The fourth-order valence-electron chi connectivity index (χ4n) is 1.50. The summed E-state index contributed by atoms with van der Waals surface area (Å²) in [5, 5.41) is 0.596. The van der Waals surface area contributed by atoms with Crippen LogP contribution >= 0.6 is 11.6 Å². The van der Waals surface area contributed by atoms with Gasteiger partial charge in [0.1, 0.15) is 5.75 Å². The molecule has 0 spiro atoms. The molecule has 0 fully saturated rings. The number of methoxy groups -OCH3 is 2. The Morgan fingerprint density at radius 2 is 2.06 bits per heavy atom. The summed E-state index contributed by atoms with van der Waals surface area (Å²) in [6.07, 6.45) is 0.901. The summed E-state index contributed by atoms with van der Waals surface area (Å²) in [7, 11) is 3.27. The standard InChI is InChI=1S/C12H18ClNO2/c1-8(15-2)6-11(14)9-4-5-10(13)12(7-9)16-3/h4-5,7-8,11H,6,14H2,1-3H3. The number of halogens is 1. The monoisotopic (exact) mass is 243 g/mol. The number of ether oxygens (including phenoxy) is 2. The molecule has 0 bridgehead atoms. The normalized spacial score (nSPS) is 14.6. The van der Waals surface area contributed by atoms with Crippen LogP contribution in [-0.2, 0) is 4.74 Å². The molecule has 1 rings (SSSR count). The largest absolute Gasteiger partial charge is 0.495 e. The van der Waals surface area contributed by atoms with E-state index in [0.717, 1.165) is 12.0 Å². The topological polar surface area (TPSA) is 44.5 Å². The zero-order valence-corrected chi connectivity index (χ0v) is 10.6. The van der Waals surface area contributed by atoms with E-state index in [2.05, 4.69) is 0 Å². The molecule has 2 atom stereocenters. The van der Waals surface area contributed by atoms with Crippen molar-refractivity contribution >= 4 is 11.6 Å². The van der Waals surface area contributed by atoms with Crippen LogP contribution in [0.1, 0.15) is 24.9 Å². The Morgan fingerprint density at radius 3 is 2.62 bits per heavy atom. The van der Waals surface area contributed by atoms with E-state index in [1.165, 1.54) is 0 Å². The van der Waals surface area contributed by atoms with Crippen molar-refractivity contribution in [3.05, 3.63) is 28.8 Å². The summed E-state index contributed by atoms with van der Waals surface area (Å²) in [6.45, 7) is 1.99. The average Bonchev–Trinajstić information content (AvgIpc) is 2.29. The zero-order chi connectivity index (χ0) is 12.1. The third-order valence-corrected chi connectivity index (χ3v) is 2.90. The molecule has 0 aliphatic carbocycles. The Kier molecular flexibility index (Phi) is 5.06. The lowest BCUT2D eigenvalue weighted by Crippen LogP contribution is -2.18. The van der Waals surface area contributed by atoms with E-state index >= 15 is 0 Å². The van der Waals surface area contributed by atoms with Crippen molar-refractivity contribution in [2.24, 2.45) is 5.73 Å². The van der Waals surface area contributed by atoms with E-state index < -0.39 is 0 Å². The van der Waals surface area contributed by atoms with Crippen LogP contribution in [0.3, 0.4) is 0 Å². The fourth-order valence-corrected chi connectivity index (χ4v) is 1.69. The van der Waals surface area contributed by atoms with Gasteiger partial charge in [0.05, 0.1) is 18.2 Å². The molecule has 0 aliphatic heterocycles. The van der Waals surface area contributed by atoms with Crippen molar-refractivity contribution in [3.63, 3.8) is 0 Å². The van der Waals surface area contributed by atoms with Crippen LogP contribution in [0.15, 0.2) is 18.2 Å². The van der Waals surface area contributed by atoms with E-state index in [0.29, 0.717) is 10.8 Å². The predicted molar refractivity (Wildman–Crippen MR) is 66.0 cm³/mol. The van der Waals surface area contributed by atoms with Crippen LogP contribution in [0.2, 0.25) is 5.02 Å². The molecular weight excluding hydrogens is 226 g/mol. The molecule has 2 N–H and O–H groups in total. The van der Waals surface area contributed by atoms with Gasteiger partial charge in [-0.2, -0.15) is 0 Å². The Hall–Kier alpha value is -0.770. The molecule has 1 aromatic carbocycles. The van der Waals surface area contributed by atoms with Gasteiger partial charge in [0.25, 0.3) is 0 Å².